The molecule has 0 bridgehead atoms. The van der Waals surface area contributed by atoms with E-state index in [2.05, 4.69) is 25.4 Å². The Labute approximate surface area is 149 Å². The Kier molecular flexibility index (Phi) is 4.18. The van der Waals surface area contributed by atoms with Gasteiger partial charge in [0.15, 0.2) is 0 Å². The molecule has 2 amide bonds. The lowest BCUT2D eigenvalue weighted by atomic mass is 10.1. The molecule has 0 atom stereocenters. The Balaban J connectivity index is 1.38. The van der Waals surface area contributed by atoms with E-state index in [1.165, 1.54) is 6.33 Å². The van der Waals surface area contributed by atoms with Crippen LogP contribution in [0.1, 0.15) is 21.0 Å². The van der Waals surface area contributed by atoms with E-state index in [0.717, 1.165) is 11.3 Å². The van der Waals surface area contributed by atoms with Crippen LogP contribution in [0.15, 0.2) is 42.9 Å². The minimum Gasteiger partial charge on any atom is -0.335 e. The van der Waals surface area contributed by atoms with E-state index in [-0.39, 0.29) is 17.6 Å². The molecule has 0 aliphatic carbocycles. The zero-order chi connectivity index (χ0) is 17.9. The fourth-order valence-corrected chi connectivity index (χ4v) is 2.96. The second kappa shape index (κ2) is 6.79. The quantitative estimate of drug-likeness (QED) is 0.725. The molecular weight excluding hydrogens is 334 g/mol. The summed E-state index contributed by atoms with van der Waals surface area (Å²) in [6.07, 6.45) is 2.99. The van der Waals surface area contributed by atoms with Gasteiger partial charge in [-0.2, -0.15) is 10.2 Å². The molecule has 9 nitrogen and oxygen atoms in total. The highest BCUT2D eigenvalue weighted by Gasteiger charge is 2.26. The van der Waals surface area contributed by atoms with Crippen LogP contribution in [0, 0.1) is 0 Å². The molecule has 0 radical (unpaired) electrons. The molecule has 2 aromatic heterocycles. The first kappa shape index (κ1) is 16.0. The van der Waals surface area contributed by atoms with Gasteiger partial charge in [-0.05, 0) is 23.8 Å². The normalized spacial score (nSPS) is 14.5. The number of nitrogens with one attached hydrogen (secondary N) is 2. The average Bonchev–Trinajstić information content (AvgIpc) is 3.41. The third-order valence-corrected chi connectivity index (χ3v) is 4.42. The standard InChI is InChI=1S/C17H17N7O2/c25-16(13-3-1-12(2-4-13)14-5-6-19-21-14)23-7-9-24(10-8-23)17(26)15-18-11-20-22-15/h1-6,11H,7-10H2,(H,19,21)(H,18,20,22). The van der Waals surface area contributed by atoms with Crippen LogP contribution in [0.2, 0.25) is 0 Å². The summed E-state index contributed by atoms with van der Waals surface area (Å²) in [5.74, 6) is -0.00870. The number of rotatable bonds is 3. The molecule has 1 aliphatic heterocycles. The minimum absolute atomic E-state index is 0.0343. The molecule has 1 saturated heterocycles. The van der Waals surface area contributed by atoms with Crippen LogP contribution in [0.5, 0.6) is 0 Å². The smallest absolute Gasteiger partial charge is 0.291 e. The number of piperazine rings is 1. The second-order valence-corrected chi connectivity index (χ2v) is 5.97. The van der Waals surface area contributed by atoms with E-state index >= 15 is 0 Å². The molecule has 0 spiro atoms. The van der Waals surface area contributed by atoms with Crippen LogP contribution < -0.4 is 0 Å². The lowest BCUT2D eigenvalue weighted by molar-refractivity contribution is 0.0529. The topological polar surface area (TPSA) is 111 Å². The number of aromatic amines is 2. The second-order valence-electron chi connectivity index (χ2n) is 5.97. The average molecular weight is 351 g/mol. The molecular formula is C17H17N7O2. The summed E-state index contributed by atoms with van der Waals surface area (Å²) in [6.45, 7) is 1.91. The first-order valence-electron chi connectivity index (χ1n) is 8.26. The summed E-state index contributed by atoms with van der Waals surface area (Å²) >= 11 is 0. The molecule has 0 unspecified atom stereocenters. The van der Waals surface area contributed by atoms with Crippen LogP contribution >= 0.6 is 0 Å². The molecule has 0 saturated carbocycles. The van der Waals surface area contributed by atoms with Crippen molar-refractivity contribution in [1.82, 2.24) is 35.2 Å². The number of aromatic nitrogens is 5. The van der Waals surface area contributed by atoms with Gasteiger partial charge < -0.3 is 9.80 Å². The Bertz CT molecular complexity index is 880. The Morgan fingerprint density at radius 1 is 0.846 bits per heavy atom. The van der Waals surface area contributed by atoms with Crippen LogP contribution in [-0.4, -0.2) is 73.2 Å². The number of H-pyrrole nitrogens is 2. The van der Waals surface area contributed by atoms with E-state index in [4.69, 9.17) is 0 Å². The van der Waals surface area contributed by atoms with E-state index < -0.39 is 0 Å². The summed E-state index contributed by atoms with van der Waals surface area (Å²) in [5, 5.41) is 13.1. The van der Waals surface area contributed by atoms with Crippen molar-refractivity contribution in [3.05, 3.63) is 54.2 Å². The number of hydrogen-bond acceptors (Lipinski definition) is 5. The molecule has 9 heteroatoms. The highest BCUT2D eigenvalue weighted by molar-refractivity contribution is 5.95. The fraction of sp³-hybridized carbons (Fsp3) is 0.235. The maximum atomic E-state index is 12.7. The van der Waals surface area contributed by atoms with Crippen LogP contribution in [0.25, 0.3) is 11.3 Å². The zero-order valence-corrected chi connectivity index (χ0v) is 13.9. The van der Waals surface area contributed by atoms with Gasteiger partial charge in [-0.15, -0.1) is 0 Å². The Hall–Kier alpha value is -3.49. The van der Waals surface area contributed by atoms with E-state index in [0.29, 0.717) is 31.7 Å². The summed E-state index contributed by atoms with van der Waals surface area (Å²) in [6, 6.07) is 9.28. The zero-order valence-electron chi connectivity index (χ0n) is 13.9. The minimum atomic E-state index is -0.196. The van der Waals surface area contributed by atoms with Gasteiger partial charge in [0, 0.05) is 37.9 Å². The van der Waals surface area contributed by atoms with Crippen molar-refractivity contribution in [3.63, 3.8) is 0 Å². The number of carbonyl (C=O) groups is 2. The van der Waals surface area contributed by atoms with Crippen molar-refractivity contribution >= 4 is 11.8 Å². The van der Waals surface area contributed by atoms with Crippen molar-refractivity contribution < 1.29 is 9.59 Å². The molecule has 1 aromatic carbocycles. The van der Waals surface area contributed by atoms with Gasteiger partial charge in [-0.1, -0.05) is 12.1 Å². The lowest BCUT2D eigenvalue weighted by Gasteiger charge is -2.34. The van der Waals surface area contributed by atoms with Gasteiger partial charge in [0.25, 0.3) is 11.8 Å². The van der Waals surface area contributed by atoms with Gasteiger partial charge >= 0.3 is 0 Å². The van der Waals surface area contributed by atoms with E-state index in [1.54, 1.807) is 16.0 Å². The predicted octanol–water partition coefficient (Wildman–Crippen LogP) is 0.793. The number of benzene rings is 1. The largest absolute Gasteiger partial charge is 0.335 e. The molecule has 2 N–H and O–H groups in total. The Morgan fingerprint density at radius 3 is 2.12 bits per heavy atom. The monoisotopic (exact) mass is 351 g/mol. The maximum absolute atomic E-state index is 12.7. The van der Waals surface area contributed by atoms with Crippen LogP contribution in [0.4, 0.5) is 0 Å². The third-order valence-electron chi connectivity index (χ3n) is 4.42. The van der Waals surface area contributed by atoms with Crippen molar-refractivity contribution in [2.75, 3.05) is 26.2 Å². The van der Waals surface area contributed by atoms with Crippen molar-refractivity contribution in [2.45, 2.75) is 0 Å². The number of carbonyl (C=O) groups excluding carboxylic acids is 2. The van der Waals surface area contributed by atoms with Crippen LogP contribution in [-0.2, 0) is 0 Å². The number of hydrogen-bond donors (Lipinski definition) is 2. The summed E-state index contributed by atoms with van der Waals surface area (Å²) < 4.78 is 0. The van der Waals surface area contributed by atoms with Crippen molar-refractivity contribution in [3.8, 4) is 11.3 Å². The van der Waals surface area contributed by atoms with Gasteiger partial charge in [-0.3, -0.25) is 19.8 Å². The number of amides is 2. The molecule has 4 rings (SSSR count). The number of nitrogens with zero attached hydrogens (tertiary/aromatic N) is 5. The Morgan fingerprint density at radius 2 is 1.54 bits per heavy atom. The van der Waals surface area contributed by atoms with E-state index in [9.17, 15) is 9.59 Å². The first-order valence-corrected chi connectivity index (χ1v) is 8.26. The van der Waals surface area contributed by atoms with Crippen molar-refractivity contribution in [1.29, 1.82) is 0 Å². The summed E-state index contributed by atoms with van der Waals surface area (Å²) in [4.78, 5) is 32.2. The summed E-state index contributed by atoms with van der Waals surface area (Å²) in [7, 11) is 0. The molecule has 26 heavy (non-hydrogen) atoms. The maximum Gasteiger partial charge on any atom is 0.291 e. The third kappa shape index (κ3) is 3.06. The lowest BCUT2D eigenvalue weighted by Crippen LogP contribution is -2.50. The highest BCUT2D eigenvalue weighted by Crippen LogP contribution is 2.18. The van der Waals surface area contributed by atoms with Crippen LogP contribution in [0.3, 0.4) is 0 Å². The highest BCUT2D eigenvalue weighted by atomic mass is 16.2. The van der Waals surface area contributed by atoms with Gasteiger partial charge in [0.2, 0.25) is 5.82 Å². The summed E-state index contributed by atoms with van der Waals surface area (Å²) in [5.41, 5.74) is 2.51. The van der Waals surface area contributed by atoms with Gasteiger partial charge in [0.1, 0.15) is 6.33 Å². The molecule has 3 aromatic rings. The van der Waals surface area contributed by atoms with E-state index in [1.807, 2.05) is 30.3 Å². The molecule has 3 heterocycles. The van der Waals surface area contributed by atoms with Gasteiger partial charge in [0.05, 0.1) is 5.69 Å². The molecule has 1 fully saturated rings. The van der Waals surface area contributed by atoms with Gasteiger partial charge in [-0.25, -0.2) is 4.98 Å². The molecule has 1 aliphatic rings. The molecule has 132 valence electrons. The SMILES string of the molecule is O=C(c1ccc(-c2ccn[nH]2)cc1)N1CCN(C(=O)c2ncn[nH]2)CC1. The first-order chi connectivity index (χ1) is 12.7. The fourth-order valence-electron chi connectivity index (χ4n) is 2.96. The predicted molar refractivity (Wildman–Crippen MR) is 92.2 cm³/mol. The van der Waals surface area contributed by atoms with Crippen molar-refractivity contribution in [2.24, 2.45) is 0 Å².